The SMILES string of the molecule is C#CCN1CCN(C(=O)CN2CCC(N)CC2)CC1. The van der Waals surface area contributed by atoms with E-state index in [9.17, 15) is 4.79 Å². The van der Waals surface area contributed by atoms with Gasteiger partial charge in [-0.1, -0.05) is 5.92 Å². The van der Waals surface area contributed by atoms with E-state index < -0.39 is 0 Å². The minimum Gasteiger partial charge on any atom is -0.339 e. The Kier molecular flexibility index (Phi) is 5.20. The van der Waals surface area contributed by atoms with Crippen molar-refractivity contribution in [2.75, 3.05) is 52.4 Å². The smallest absolute Gasteiger partial charge is 0.236 e. The van der Waals surface area contributed by atoms with Crippen molar-refractivity contribution < 1.29 is 4.79 Å². The highest BCUT2D eigenvalue weighted by molar-refractivity contribution is 5.78. The standard InChI is InChI=1S/C14H24N4O/c1-2-5-16-8-10-18(11-9-16)14(19)12-17-6-3-13(15)4-7-17/h1,13H,3-12,15H2. The van der Waals surface area contributed by atoms with Gasteiger partial charge < -0.3 is 10.6 Å². The molecule has 0 aromatic heterocycles. The molecule has 0 bridgehead atoms. The fourth-order valence-corrected chi connectivity index (χ4v) is 2.69. The molecule has 2 aliphatic heterocycles. The highest BCUT2D eigenvalue weighted by atomic mass is 16.2. The predicted molar refractivity (Wildman–Crippen MR) is 75.5 cm³/mol. The summed E-state index contributed by atoms with van der Waals surface area (Å²) in [6, 6.07) is 0.318. The zero-order valence-electron chi connectivity index (χ0n) is 11.6. The van der Waals surface area contributed by atoms with Crippen molar-refractivity contribution in [2.45, 2.75) is 18.9 Å². The van der Waals surface area contributed by atoms with Crippen LogP contribution in [0.1, 0.15) is 12.8 Å². The molecule has 5 heteroatoms. The van der Waals surface area contributed by atoms with Crippen molar-refractivity contribution in [1.29, 1.82) is 0 Å². The van der Waals surface area contributed by atoms with Gasteiger partial charge in [0.2, 0.25) is 5.91 Å². The lowest BCUT2D eigenvalue weighted by molar-refractivity contribution is -0.134. The maximum absolute atomic E-state index is 12.2. The number of hydrogen-bond donors (Lipinski definition) is 1. The number of likely N-dealkylation sites (tertiary alicyclic amines) is 1. The fraction of sp³-hybridized carbons (Fsp3) is 0.786. The van der Waals surface area contributed by atoms with E-state index in [0.29, 0.717) is 19.1 Å². The molecule has 0 spiro atoms. The van der Waals surface area contributed by atoms with Crippen LogP contribution in [-0.4, -0.2) is 79.0 Å². The van der Waals surface area contributed by atoms with Crippen LogP contribution in [0.15, 0.2) is 0 Å². The van der Waals surface area contributed by atoms with Crippen LogP contribution < -0.4 is 5.73 Å². The van der Waals surface area contributed by atoms with Gasteiger partial charge in [0.05, 0.1) is 13.1 Å². The minimum absolute atomic E-state index is 0.246. The first kappa shape index (κ1) is 14.3. The van der Waals surface area contributed by atoms with Gasteiger partial charge in [-0.25, -0.2) is 0 Å². The molecule has 0 aromatic carbocycles. The Hall–Kier alpha value is -1.09. The third-order valence-electron chi connectivity index (χ3n) is 4.03. The number of carbonyl (C=O) groups is 1. The van der Waals surface area contributed by atoms with Crippen LogP contribution in [0, 0.1) is 12.3 Å². The highest BCUT2D eigenvalue weighted by Gasteiger charge is 2.24. The fourth-order valence-electron chi connectivity index (χ4n) is 2.69. The number of rotatable bonds is 3. The van der Waals surface area contributed by atoms with Crippen LogP contribution in [0.5, 0.6) is 0 Å². The molecule has 2 aliphatic rings. The molecule has 0 aromatic rings. The van der Waals surface area contributed by atoms with E-state index in [4.69, 9.17) is 12.2 Å². The second-order valence-corrected chi connectivity index (χ2v) is 5.47. The third kappa shape index (κ3) is 4.20. The Morgan fingerprint density at radius 2 is 1.74 bits per heavy atom. The number of nitrogens with zero attached hydrogens (tertiary/aromatic N) is 3. The molecule has 2 N–H and O–H groups in total. The molecular formula is C14H24N4O. The van der Waals surface area contributed by atoms with Crippen molar-refractivity contribution in [2.24, 2.45) is 5.73 Å². The molecule has 2 saturated heterocycles. The van der Waals surface area contributed by atoms with Crippen molar-refractivity contribution in [1.82, 2.24) is 14.7 Å². The first-order chi connectivity index (χ1) is 9.19. The van der Waals surface area contributed by atoms with Gasteiger partial charge in [0.25, 0.3) is 0 Å². The molecular weight excluding hydrogens is 240 g/mol. The maximum Gasteiger partial charge on any atom is 0.236 e. The van der Waals surface area contributed by atoms with Gasteiger partial charge in [-0.3, -0.25) is 14.6 Å². The van der Waals surface area contributed by atoms with Crippen molar-refractivity contribution in [3.8, 4) is 12.3 Å². The van der Waals surface area contributed by atoms with Gasteiger partial charge in [-0.2, -0.15) is 0 Å². The van der Waals surface area contributed by atoms with Gasteiger partial charge in [0, 0.05) is 45.3 Å². The molecule has 2 rings (SSSR count). The second-order valence-electron chi connectivity index (χ2n) is 5.47. The maximum atomic E-state index is 12.2. The van der Waals surface area contributed by atoms with Crippen molar-refractivity contribution in [3.05, 3.63) is 0 Å². The highest BCUT2D eigenvalue weighted by Crippen LogP contribution is 2.09. The number of hydrogen-bond acceptors (Lipinski definition) is 4. The molecule has 2 fully saturated rings. The van der Waals surface area contributed by atoms with Gasteiger partial charge in [-0.15, -0.1) is 6.42 Å². The molecule has 2 heterocycles. The summed E-state index contributed by atoms with van der Waals surface area (Å²) >= 11 is 0. The third-order valence-corrected chi connectivity index (χ3v) is 4.03. The van der Waals surface area contributed by atoms with Crippen LogP contribution in [0.25, 0.3) is 0 Å². The Bertz CT molecular complexity index is 336. The summed E-state index contributed by atoms with van der Waals surface area (Å²) in [5, 5.41) is 0. The van der Waals surface area contributed by atoms with Crippen LogP contribution in [-0.2, 0) is 4.79 Å². The summed E-state index contributed by atoms with van der Waals surface area (Å²) < 4.78 is 0. The largest absolute Gasteiger partial charge is 0.339 e. The van der Waals surface area contributed by atoms with E-state index in [1.165, 1.54) is 0 Å². The van der Waals surface area contributed by atoms with Crippen molar-refractivity contribution >= 4 is 5.91 Å². The molecule has 0 radical (unpaired) electrons. The first-order valence-electron chi connectivity index (χ1n) is 7.10. The molecule has 0 unspecified atom stereocenters. The van der Waals surface area contributed by atoms with E-state index in [0.717, 1.165) is 52.1 Å². The number of piperidine rings is 1. The molecule has 1 amide bonds. The first-order valence-corrected chi connectivity index (χ1v) is 7.10. The zero-order valence-corrected chi connectivity index (χ0v) is 11.6. The Morgan fingerprint density at radius 3 is 2.32 bits per heavy atom. The molecule has 19 heavy (non-hydrogen) atoms. The lowest BCUT2D eigenvalue weighted by Crippen LogP contribution is -2.52. The van der Waals surface area contributed by atoms with Crippen LogP contribution >= 0.6 is 0 Å². The van der Waals surface area contributed by atoms with E-state index in [1.54, 1.807) is 0 Å². The number of terminal acetylenes is 1. The van der Waals surface area contributed by atoms with E-state index in [2.05, 4.69) is 15.7 Å². The lowest BCUT2D eigenvalue weighted by Gasteiger charge is -2.36. The molecule has 106 valence electrons. The molecule has 0 aliphatic carbocycles. The summed E-state index contributed by atoms with van der Waals surface area (Å²) in [6.45, 7) is 6.51. The predicted octanol–water partition coefficient (Wildman–Crippen LogP) is -0.813. The van der Waals surface area contributed by atoms with Crippen LogP contribution in [0.4, 0.5) is 0 Å². The summed E-state index contributed by atoms with van der Waals surface area (Å²) in [5.41, 5.74) is 5.87. The van der Waals surface area contributed by atoms with Gasteiger partial charge >= 0.3 is 0 Å². The Labute approximate surface area is 115 Å². The van der Waals surface area contributed by atoms with Crippen molar-refractivity contribution in [3.63, 3.8) is 0 Å². The summed E-state index contributed by atoms with van der Waals surface area (Å²) in [5.74, 6) is 2.90. The summed E-state index contributed by atoms with van der Waals surface area (Å²) in [4.78, 5) is 18.6. The average molecular weight is 264 g/mol. The number of carbonyl (C=O) groups excluding carboxylic acids is 1. The van der Waals surface area contributed by atoms with Crippen LogP contribution in [0.3, 0.4) is 0 Å². The van der Waals surface area contributed by atoms with Gasteiger partial charge in [0.15, 0.2) is 0 Å². The number of nitrogens with two attached hydrogens (primary N) is 1. The minimum atomic E-state index is 0.246. The molecule has 0 atom stereocenters. The van der Waals surface area contributed by atoms with E-state index >= 15 is 0 Å². The average Bonchev–Trinajstić information content (AvgIpc) is 2.42. The second kappa shape index (κ2) is 6.90. The number of amides is 1. The van der Waals surface area contributed by atoms with Gasteiger partial charge in [0.1, 0.15) is 0 Å². The van der Waals surface area contributed by atoms with E-state index in [-0.39, 0.29) is 5.91 Å². The Morgan fingerprint density at radius 1 is 1.11 bits per heavy atom. The molecule has 5 nitrogen and oxygen atoms in total. The quantitative estimate of drug-likeness (QED) is 0.677. The van der Waals surface area contributed by atoms with E-state index in [1.807, 2.05) is 4.90 Å². The normalized spacial score (nSPS) is 23.3. The van der Waals surface area contributed by atoms with Gasteiger partial charge in [-0.05, 0) is 12.8 Å². The zero-order chi connectivity index (χ0) is 13.7. The monoisotopic (exact) mass is 264 g/mol. The van der Waals surface area contributed by atoms with Crippen LogP contribution in [0.2, 0.25) is 0 Å². The number of piperazine rings is 1. The summed E-state index contributed by atoms with van der Waals surface area (Å²) in [6.07, 6.45) is 7.31. The molecule has 0 saturated carbocycles. The topological polar surface area (TPSA) is 52.8 Å². The lowest BCUT2D eigenvalue weighted by atomic mass is 10.1. The summed E-state index contributed by atoms with van der Waals surface area (Å²) in [7, 11) is 0. The Balaban J connectivity index is 1.71.